The van der Waals surface area contributed by atoms with E-state index in [-0.39, 0.29) is 21.7 Å². The summed E-state index contributed by atoms with van der Waals surface area (Å²) in [5.74, 6) is 2.44. The number of aromatic nitrogens is 2. The smallest absolute Gasteiger partial charge is 0.137 e. The molecule has 6 aromatic carbocycles. The van der Waals surface area contributed by atoms with Crippen LogP contribution in [0.3, 0.4) is 0 Å². The SMILES string of the molecule is CC(C)(C)C1=CN(c2cc(Oc3ccc4c5cc(-c6ccccc6)ccc5n(-c5cc(C(C)(C)C)ccn5)c4c3)cc(C(C)(C)c3ccccc3)c2)CN1c1cccc(C(C)(C)C)c1. The maximum Gasteiger partial charge on any atom is 0.137 e. The van der Waals surface area contributed by atoms with Crippen LogP contribution in [-0.2, 0) is 16.2 Å². The van der Waals surface area contributed by atoms with E-state index in [1.54, 1.807) is 0 Å². The van der Waals surface area contributed by atoms with Gasteiger partial charge >= 0.3 is 0 Å². The average molecular weight is 843 g/mol. The van der Waals surface area contributed by atoms with Gasteiger partial charge in [-0.25, -0.2) is 4.98 Å². The van der Waals surface area contributed by atoms with Gasteiger partial charge in [-0.3, -0.25) is 4.57 Å². The van der Waals surface area contributed by atoms with Gasteiger partial charge in [-0.2, -0.15) is 0 Å². The Morgan fingerprint density at radius 2 is 1.14 bits per heavy atom. The molecule has 0 atom stereocenters. The second-order valence-corrected chi connectivity index (χ2v) is 21.2. The van der Waals surface area contributed by atoms with Crippen molar-refractivity contribution < 1.29 is 4.74 Å². The molecule has 3 heterocycles. The van der Waals surface area contributed by atoms with Crippen LogP contribution >= 0.6 is 0 Å². The number of nitrogens with zero attached hydrogens (tertiary/aromatic N) is 4. The highest BCUT2D eigenvalue weighted by atomic mass is 16.5. The Balaban J connectivity index is 1.18. The highest BCUT2D eigenvalue weighted by Gasteiger charge is 2.33. The fourth-order valence-corrected chi connectivity index (χ4v) is 9.06. The van der Waals surface area contributed by atoms with Crippen molar-refractivity contribution in [1.29, 1.82) is 0 Å². The lowest BCUT2D eigenvalue weighted by Crippen LogP contribution is -2.31. The monoisotopic (exact) mass is 842 g/mol. The van der Waals surface area contributed by atoms with Crippen LogP contribution in [0.1, 0.15) is 98.4 Å². The molecule has 5 nitrogen and oxygen atoms in total. The number of fused-ring (bicyclic) bond motifs is 3. The Labute approximate surface area is 380 Å². The van der Waals surface area contributed by atoms with Gasteiger partial charge in [-0.05, 0) is 105 Å². The van der Waals surface area contributed by atoms with Crippen molar-refractivity contribution in [2.75, 3.05) is 16.5 Å². The molecular weight excluding hydrogens is 781 g/mol. The van der Waals surface area contributed by atoms with Gasteiger partial charge < -0.3 is 14.5 Å². The molecule has 1 aliphatic rings. The minimum Gasteiger partial charge on any atom is -0.457 e. The molecule has 5 heteroatoms. The largest absolute Gasteiger partial charge is 0.457 e. The summed E-state index contributed by atoms with van der Waals surface area (Å²) in [4.78, 5) is 9.85. The minimum absolute atomic E-state index is 0.0346. The minimum atomic E-state index is -0.303. The number of hydrogen-bond acceptors (Lipinski definition) is 4. The number of ether oxygens (including phenoxy) is 1. The van der Waals surface area contributed by atoms with Crippen molar-refractivity contribution in [3.63, 3.8) is 0 Å². The van der Waals surface area contributed by atoms with Crippen molar-refractivity contribution in [3.8, 4) is 28.4 Å². The lowest BCUT2D eigenvalue weighted by Gasteiger charge is -2.32. The lowest BCUT2D eigenvalue weighted by molar-refractivity contribution is 0.480. The van der Waals surface area contributed by atoms with E-state index in [4.69, 9.17) is 9.72 Å². The summed E-state index contributed by atoms with van der Waals surface area (Å²) < 4.78 is 9.38. The summed E-state index contributed by atoms with van der Waals surface area (Å²) in [6.07, 6.45) is 4.28. The zero-order chi connectivity index (χ0) is 45.2. The third-order valence-corrected chi connectivity index (χ3v) is 13.0. The van der Waals surface area contributed by atoms with Crippen LogP contribution in [0.15, 0.2) is 170 Å². The molecule has 0 radical (unpaired) electrons. The summed E-state index contributed by atoms with van der Waals surface area (Å²) in [5, 5.41) is 2.32. The molecule has 8 aromatic rings. The van der Waals surface area contributed by atoms with E-state index in [2.05, 4.69) is 248 Å². The number of rotatable bonds is 8. The molecule has 0 aliphatic carbocycles. The van der Waals surface area contributed by atoms with E-state index in [9.17, 15) is 0 Å². The Hall–Kier alpha value is -6.59. The summed E-state index contributed by atoms with van der Waals surface area (Å²) in [5.41, 5.74) is 12.7. The fourth-order valence-electron chi connectivity index (χ4n) is 9.06. The zero-order valence-electron chi connectivity index (χ0n) is 39.5. The molecule has 0 bridgehead atoms. The van der Waals surface area contributed by atoms with Gasteiger partial charge in [-0.15, -0.1) is 0 Å². The highest BCUT2D eigenvalue weighted by Crippen LogP contribution is 2.44. The number of allylic oxidation sites excluding steroid dienone is 1. The molecule has 0 N–H and O–H groups in total. The summed E-state index contributed by atoms with van der Waals surface area (Å²) >= 11 is 0. The summed E-state index contributed by atoms with van der Waals surface area (Å²) in [6, 6.07) is 54.9. The van der Waals surface area contributed by atoms with E-state index in [1.165, 1.54) is 50.2 Å². The summed E-state index contributed by atoms with van der Waals surface area (Å²) in [7, 11) is 0. The highest BCUT2D eigenvalue weighted by molar-refractivity contribution is 6.10. The molecule has 64 heavy (non-hydrogen) atoms. The molecule has 324 valence electrons. The molecule has 0 amide bonds. The van der Waals surface area contributed by atoms with Gasteiger partial charge in [-0.1, -0.05) is 155 Å². The van der Waals surface area contributed by atoms with Crippen LogP contribution in [0.25, 0.3) is 38.8 Å². The standard InChI is InChI=1S/C59H62N4O/c1-56(2,3)43-23-18-24-46(32-43)62-39-61(38-54(62)58(7,8)9)47-33-45(59(10,11)42-21-16-13-17-22-42)34-49(36-47)64-48-26-27-50-51-31-41(40-19-14-12-15-20-40)25-28-52(51)63(53(50)37-48)55-35-44(29-30-60-55)57(4,5)6/h12-38H,39H2,1-11H3. The van der Waals surface area contributed by atoms with Gasteiger partial charge in [0.15, 0.2) is 0 Å². The van der Waals surface area contributed by atoms with Gasteiger partial charge in [0, 0.05) is 63.2 Å². The molecule has 0 saturated heterocycles. The molecule has 0 spiro atoms. The van der Waals surface area contributed by atoms with Gasteiger partial charge in [0.2, 0.25) is 0 Å². The predicted octanol–water partition coefficient (Wildman–Crippen LogP) is 15.7. The molecule has 2 aromatic heterocycles. The lowest BCUT2D eigenvalue weighted by atomic mass is 9.78. The van der Waals surface area contributed by atoms with E-state index < -0.39 is 0 Å². The number of hydrogen-bond donors (Lipinski definition) is 0. The molecule has 0 unspecified atom stereocenters. The van der Waals surface area contributed by atoms with E-state index in [0.717, 1.165) is 39.4 Å². The van der Waals surface area contributed by atoms with Gasteiger partial charge in [0.1, 0.15) is 17.3 Å². The number of benzene rings is 6. The van der Waals surface area contributed by atoms with Gasteiger partial charge in [0.25, 0.3) is 0 Å². The first kappa shape index (κ1) is 42.7. The molecule has 9 rings (SSSR count). The second kappa shape index (κ2) is 15.9. The normalized spacial score (nSPS) is 13.8. The van der Waals surface area contributed by atoms with E-state index in [1.807, 2.05) is 6.20 Å². The molecule has 0 fully saturated rings. The third kappa shape index (κ3) is 8.20. The third-order valence-electron chi connectivity index (χ3n) is 13.0. The number of anilines is 2. The Kier molecular flexibility index (Phi) is 10.6. The molecular formula is C59H62N4O. The van der Waals surface area contributed by atoms with Crippen LogP contribution in [-0.4, -0.2) is 16.2 Å². The number of pyridine rings is 1. The quantitative estimate of drug-likeness (QED) is 0.153. The first-order valence-electron chi connectivity index (χ1n) is 22.7. The van der Waals surface area contributed by atoms with E-state index in [0.29, 0.717) is 6.67 Å². The van der Waals surface area contributed by atoms with Gasteiger partial charge in [0.05, 0.1) is 17.7 Å². The van der Waals surface area contributed by atoms with Crippen molar-refractivity contribution in [2.24, 2.45) is 5.41 Å². The Bertz CT molecular complexity index is 3030. The Morgan fingerprint density at radius 3 is 1.84 bits per heavy atom. The van der Waals surface area contributed by atoms with Crippen molar-refractivity contribution in [2.45, 2.75) is 92.4 Å². The molecule has 0 saturated carbocycles. The van der Waals surface area contributed by atoms with Crippen LogP contribution in [0.4, 0.5) is 11.4 Å². The second-order valence-electron chi connectivity index (χ2n) is 21.2. The fraction of sp³-hybridized carbons (Fsp3) is 0.271. The van der Waals surface area contributed by atoms with Crippen LogP contribution < -0.4 is 14.5 Å². The molecule has 1 aliphatic heterocycles. The van der Waals surface area contributed by atoms with E-state index >= 15 is 0 Å². The van der Waals surface area contributed by atoms with Crippen LogP contribution in [0, 0.1) is 5.41 Å². The maximum atomic E-state index is 7.08. The summed E-state index contributed by atoms with van der Waals surface area (Å²) in [6.45, 7) is 25.8. The van der Waals surface area contributed by atoms with Crippen LogP contribution in [0.2, 0.25) is 0 Å². The van der Waals surface area contributed by atoms with Crippen molar-refractivity contribution in [1.82, 2.24) is 9.55 Å². The average Bonchev–Trinajstić information content (AvgIpc) is 3.87. The predicted molar refractivity (Wildman–Crippen MR) is 270 cm³/mol. The topological polar surface area (TPSA) is 33.5 Å². The van der Waals surface area contributed by atoms with Crippen molar-refractivity contribution in [3.05, 3.63) is 192 Å². The maximum absolute atomic E-state index is 7.08. The first-order chi connectivity index (χ1) is 30.3. The zero-order valence-corrected chi connectivity index (χ0v) is 39.5. The first-order valence-corrected chi connectivity index (χ1v) is 22.7. The van der Waals surface area contributed by atoms with Crippen molar-refractivity contribution >= 4 is 33.2 Å². The Morgan fingerprint density at radius 1 is 0.469 bits per heavy atom. The van der Waals surface area contributed by atoms with Crippen LogP contribution in [0.5, 0.6) is 11.5 Å².